The van der Waals surface area contributed by atoms with Crippen molar-refractivity contribution in [2.45, 2.75) is 24.9 Å². The number of nitrogens with zero attached hydrogens (tertiary/aromatic N) is 1. The first kappa shape index (κ1) is 11.3. The molecule has 0 unspecified atom stereocenters. The van der Waals surface area contributed by atoms with E-state index in [9.17, 15) is 4.79 Å². The smallest absolute Gasteiger partial charge is 0.242 e. The fourth-order valence-electron chi connectivity index (χ4n) is 2.21. The van der Waals surface area contributed by atoms with Gasteiger partial charge in [0.1, 0.15) is 5.58 Å². The molecule has 18 heavy (non-hydrogen) atoms. The highest BCUT2D eigenvalue weighted by Crippen LogP contribution is 2.34. The molecule has 1 amide bonds. The maximum absolute atomic E-state index is 12.1. The van der Waals surface area contributed by atoms with Gasteiger partial charge in [0, 0.05) is 24.5 Å². The number of likely N-dealkylation sites (N-methyl/N-ethyl adjacent to an activating group) is 1. The number of para-hydroxylation sites is 1. The molecule has 1 saturated carbocycles. The monoisotopic (exact) mass is 244 g/mol. The molecule has 0 saturated heterocycles. The average molecular weight is 244 g/mol. The third-order valence-corrected chi connectivity index (χ3v) is 3.53. The molecule has 0 atom stereocenters. The first-order valence-electron chi connectivity index (χ1n) is 6.10. The van der Waals surface area contributed by atoms with Crippen molar-refractivity contribution in [3.05, 3.63) is 36.1 Å². The van der Waals surface area contributed by atoms with Crippen molar-refractivity contribution in [2.24, 2.45) is 5.73 Å². The highest BCUT2D eigenvalue weighted by Gasteiger charge is 2.47. The van der Waals surface area contributed by atoms with Gasteiger partial charge in [-0.1, -0.05) is 18.2 Å². The van der Waals surface area contributed by atoms with Crippen LogP contribution in [0.4, 0.5) is 0 Å². The normalized spacial score (nSPS) is 16.8. The third-order valence-electron chi connectivity index (χ3n) is 3.53. The number of nitrogens with two attached hydrogens (primary N) is 1. The Bertz CT molecular complexity index is 599. The van der Waals surface area contributed by atoms with E-state index < -0.39 is 5.54 Å². The topological polar surface area (TPSA) is 59.5 Å². The summed E-state index contributed by atoms with van der Waals surface area (Å²) < 4.78 is 5.46. The Labute approximate surface area is 105 Å². The zero-order valence-corrected chi connectivity index (χ0v) is 10.3. The van der Waals surface area contributed by atoms with Crippen molar-refractivity contribution >= 4 is 16.9 Å². The second-order valence-electron chi connectivity index (χ2n) is 5.07. The Hall–Kier alpha value is -1.81. The van der Waals surface area contributed by atoms with Crippen molar-refractivity contribution in [1.29, 1.82) is 0 Å². The van der Waals surface area contributed by atoms with Gasteiger partial charge < -0.3 is 15.1 Å². The Morgan fingerprint density at radius 2 is 2.17 bits per heavy atom. The zero-order valence-electron chi connectivity index (χ0n) is 10.3. The van der Waals surface area contributed by atoms with Crippen LogP contribution >= 0.6 is 0 Å². The molecule has 0 aliphatic heterocycles. The number of benzene rings is 1. The van der Waals surface area contributed by atoms with Crippen LogP contribution in [0.15, 0.2) is 34.9 Å². The summed E-state index contributed by atoms with van der Waals surface area (Å²) >= 11 is 0. The highest BCUT2D eigenvalue weighted by molar-refractivity contribution is 5.89. The lowest BCUT2D eigenvalue weighted by Gasteiger charge is -2.20. The summed E-state index contributed by atoms with van der Waals surface area (Å²) in [4.78, 5) is 13.7. The minimum Gasteiger partial charge on any atom is -0.464 e. The Kier molecular flexibility index (Phi) is 2.41. The molecule has 4 heteroatoms. The van der Waals surface area contributed by atoms with E-state index in [-0.39, 0.29) is 5.91 Å². The number of hydrogen-bond donors (Lipinski definition) is 1. The summed E-state index contributed by atoms with van der Waals surface area (Å²) in [6.45, 7) is 0.537. The van der Waals surface area contributed by atoms with E-state index in [4.69, 9.17) is 10.2 Å². The molecule has 2 aromatic rings. The van der Waals surface area contributed by atoms with Crippen molar-refractivity contribution < 1.29 is 9.21 Å². The van der Waals surface area contributed by atoms with Crippen LogP contribution in [0.1, 0.15) is 18.4 Å². The molecule has 0 radical (unpaired) electrons. The van der Waals surface area contributed by atoms with Crippen LogP contribution in [-0.4, -0.2) is 23.4 Å². The van der Waals surface area contributed by atoms with Crippen LogP contribution in [0.2, 0.25) is 0 Å². The van der Waals surface area contributed by atoms with Crippen LogP contribution in [0.3, 0.4) is 0 Å². The lowest BCUT2D eigenvalue weighted by Crippen LogP contribution is -2.43. The van der Waals surface area contributed by atoms with E-state index in [0.717, 1.165) is 29.4 Å². The molecule has 4 nitrogen and oxygen atoms in total. The maximum Gasteiger partial charge on any atom is 0.242 e. The van der Waals surface area contributed by atoms with Crippen LogP contribution in [0, 0.1) is 0 Å². The van der Waals surface area contributed by atoms with Gasteiger partial charge in [-0.05, 0) is 18.9 Å². The van der Waals surface area contributed by atoms with Crippen LogP contribution < -0.4 is 5.73 Å². The van der Waals surface area contributed by atoms with E-state index >= 15 is 0 Å². The second kappa shape index (κ2) is 3.85. The van der Waals surface area contributed by atoms with E-state index in [0.29, 0.717) is 6.54 Å². The fourth-order valence-corrected chi connectivity index (χ4v) is 2.21. The first-order chi connectivity index (χ1) is 8.60. The molecular weight excluding hydrogens is 228 g/mol. The molecule has 3 rings (SSSR count). The number of fused-ring (bicyclic) bond motifs is 1. The summed E-state index contributed by atoms with van der Waals surface area (Å²) in [5, 5.41) is 1.05. The van der Waals surface area contributed by atoms with Crippen molar-refractivity contribution in [2.75, 3.05) is 7.05 Å². The van der Waals surface area contributed by atoms with Gasteiger partial charge in [-0.25, -0.2) is 0 Å². The number of carbonyl (C=O) groups excluding carboxylic acids is 1. The number of amides is 1. The molecule has 2 N–H and O–H groups in total. The minimum absolute atomic E-state index is 0.0211. The zero-order chi connectivity index (χ0) is 12.8. The number of hydrogen-bond acceptors (Lipinski definition) is 3. The maximum atomic E-state index is 12.1. The molecule has 1 aliphatic carbocycles. The van der Waals surface area contributed by atoms with Gasteiger partial charge in [-0.15, -0.1) is 0 Å². The van der Waals surface area contributed by atoms with Crippen molar-refractivity contribution in [3.63, 3.8) is 0 Å². The summed E-state index contributed by atoms with van der Waals surface area (Å²) in [5.74, 6) is 0.0211. The van der Waals surface area contributed by atoms with Crippen molar-refractivity contribution in [1.82, 2.24) is 4.90 Å². The fraction of sp³-hybridized carbons (Fsp3) is 0.357. The van der Waals surface area contributed by atoms with Crippen molar-refractivity contribution in [3.8, 4) is 0 Å². The summed E-state index contributed by atoms with van der Waals surface area (Å²) in [6.07, 6.45) is 3.30. The van der Waals surface area contributed by atoms with E-state index in [1.54, 1.807) is 18.2 Å². The molecule has 1 heterocycles. The van der Waals surface area contributed by atoms with Gasteiger partial charge in [0.25, 0.3) is 0 Å². The molecule has 0 bridgehead atoms. The standard InChI is InChI=1S/C14H16N2O2/c1-16(13(17)14(15)6-7-14)8-10-9-18-12-5-3-2-4-11(10)12/h2-5,9H,6-8,15H2,1H3. The van der Waals surface area contributed by atoms with Gasteiger partial charge in [0.05, 0.1) is 11.8 Å². The van der Waals surface area contributed by atoms with Gasteiger partial charge in [0.15, 0.2) is 0 Å². The third kappa shape index (κ3) is 1.78. The first-order valence-corrected chi connectivity index (χ1v) is 6.10. The molecule has 1 aromatic carbocycles. The minimum atomic E-state index is -0.603. The molecule has 1 aromatic heterocycles. The van der Waals surface area contributed by atoms with Gasteiger partial charge in [-0.3, -0.25) is 4.79 Å². The van der Waals surface area contributed by atoms with Crippen LogP contribution in [-0.2, 0) is 11.3 Å². The number of rotatable bonds is 3. The summed E-state index contributed by atoms with van der Waals surface area (Å²) in [6, 6.07) is 7.83. The van der Waals surface area contributed by atoms with E-state index in [1.807, 2.05) is 24.3 Å². The Morgan fingerprint density at radius 3 is 2.89 bits per heavy atom. The molecular formula is C14H16N2O2. The second-order valence-corrected chi connectivity index (χ2v) is 5.07. The quantitative estimate of drug-likeness (QED) is 0.896. The van der Waals surface area contributed by atoms with Gasteiger partial charge >= 0.3 is 0 Å². The van der Waals surface area contributed by atoms with Crippen LogP contribution in [0.25, 0.3) is 11.0 Å². The van der Waals surface area contributed by atoms with Gasteiger partial charge in [0.2, 0.25) is 5.91 Å². The average Bonchev–Trinajstić information content (AvgIpc) is 3.00. The lowest BCUT2D eigenvalue weighted by molar-refractivity contribution is -0.132. The Balaban J connectivity index is 1.82. The predicted molar refractivity (Wildman–Crippen MR) is 68.8 cm³/mol. The number of furan rings is 1. The van der Waals surface area contributed by atoms with Gasteiger partial charge in [-0.2, -0.15) is 0 Å². The molecule has 94 valence electrons. The predicted octanol–water partition coefficient (Wildman–Crippen LogP) is 1.88. The SMILES string of the molecule is CN(Cc1coc2ccccc12)C(=O)C1(N)CC1. The molecule has 1 aliphatic rings. The largest absolute Gasteiger partial charge is 0.464 e. The van der Waals surface area contributed by atoms with Crippen LogP contribution in [0.5, 0.6) is 0 Å². The summed E-state index contributed by atoms with van der Waals surface area (Å²) in [5.41, 5.74) is 7.18. The highest BCUT2D eigenvalue weighted by atomic mass is 16.3. The molecule has 0 spiro atoms. The van der Waals surface area contributed by atoms with E-state index in [2.05, 4.69) is 0 Å². The summed E-state index contributed by atoms with van der Waals surface area (Å²) in [7, 11) is 1.79. The molecule has 1 fully saturated rings. The Morgan fingerprint density at radius 1 is 1.44 bits per heavy atom. The van der Waals surface area contributed by atoms with E-state index in [1.165, 1.54) is 0 Å². The number of carbonyl (C=O) groups is 1. The lowest BCUT2D eigenvalue weighted by atomic mass is 10.1.